The summed E-state index contributed by atoms with van der Waals surface area (Å²) in [6, 6.07) is 0.475. The van der Waals surface area contributed by atoms with Gasteiger partial charge in [-0.25, -0.2) is 0 Å². The number of likely N-dealkylation sites (tertiary alicyclic amines) is 1. The topological polar surface area (TPSA) is 65.0 Å². The molecule has 0 unspecified atom stereocenters. The highest BCUT2D eigenvalue weighted by molar-refractivity contribution is 5.85. The van der Waals surface area contributed by atoms with Gasteiger partial charge in [-0.3, -0.25) is 0 Å². The van der Waals surface area contributed by atoms with Crippen LogP contribution in [-0.2, 0) is 4.74 Å². The number of halogens is 2. The maximum Gasteiger partial charge on any atom is 0.0955 e. The fourth-order valence-electron chi connectivity index (χ4n) is 3.15. The second-order valence-electron chi connectivity index (χ2n) is 5.78. The summed E-state index contributed by atoms with van der Waals surface area (Å²) >= 11 is 0. The molecule has 2 rings (SSSR count). The SMILES string of the molecule is COC[C@H]1C[C@@H](NC2CCN(C)CC2)[C@H](O)[C@@H]1O.Cl.Cl. The third-order valence-electron chi connectivity index (χ3n) is 4.35. The highest BCUT2D eigenvalue weighted by Crippen LogP contribution is 2.28. The molecule has 0 aromatic rings. The second kappa shape index (κ2) is 9.41. The van der Waals surface area contributed by atoms with Gasteiger partial charge in [-0.1, -0.05) is 0 Å². The van der Waals surface area contributed by atoms with Crippen LogP contribution in [-0.4, -0.2) is 73.3 Å². The van der Waals surface area contributed by atoms with Gasteiger partial charge in [0.2, 0.25) is 0 Å². The lowest BCUT2D eigenvalue weighted by molar-refractivity contribution is -0.00729. The van der Waals surface area contributed by atoms with E-state index in [1.807, 2.05) is 0 Å². The van der Waals surface area contributed by atoms with Crippen LogP contribution in [0, 0.1) is 5.92 Å². The van der Waals surface area contributed by atoms with E-state index in [-0.39, 0.29) is 36.8 Å². The van der Waals surface area contributed by atoms with Crippen molar-refractivity contribution in [2.45, 2.75) is 43.6 Å². The van der Waals surface area contributed by atoms with E-state index in [1.165, 1.54) is 0 Å². The van der Waals surface area contributed by atoms with Gasteiger partial charge in [-0.15, -0.1) is 24.8 Å². The number of aliphatic hydroxyl groups is 2. The van der Waals surface area contributed by atoms with Gasteiger partial charge in [0.25, 0.3) is 0 Å². The molecule has 0 radical (unpaired) electrons. The fraction of sp³-hybridized carbons (Fsp3) is 1.00. The van der Waals surface area contributed by atoms with Crippen molar-refractivity contribution in [1.29, 1.82) is 0 Å². The second-order valence-corrected chi connectivity index (χ2v) is 5.78. The van der Waals surface area contributed by atoms with E-state index in [4.69, 9.17) is 4.74 Å². The average Bonchev–Trinajstić information content (AvgIpc) is 2.61. The number of aliphatic hydroxyl groups excluding tert-OH is 2. The van der Waals surface area contributed by atoms with Gasteiger partial charge >= 0.3 is 0 Å². The molecule has 0 aromatic heterocycles. The molecule has 7 heteroatoms. The Hall–Kier alpha value is 0.380. The van der Waals surface area contributed by atoms with Crippen LogP contribution < -0.4 is 5.32 Å². The summed E-state index contributed by atoms with van der Waals surface area (Å²) in [6.07, 6.45) is 1.71. The summed E-state index contributed by atoms with van der Waals surface area (Å²) in [5.74, 6) is 0.0498. The van der Waals surface area contributed by atoms with Crippen LogP contribution in [0.15, 0.2) is 0 Å². The van der Waals surface area contributed by atoms with E-state index < -0.39 is 12.2 Å². The summed E-state index contributed by atoms with van der Waals surface area (Å²) in [5.41, 5.74) is 0. The third-order valence-corrected chi connectivity index (χ3v) is 4.35. The van der Waals surface area contributed by atoms with Crippen molar-refractivity contribution in [2.24, 2.45) is 5.92 Å². The molecule has 5 nitrogen and oxygen atoms in total. The zero-order valence-corrected chi connectivity index (χ0v) is 13.8. The van der Waals surface area contributed by atoms with Crippen LogP contribution in [0.25, 0.3) is 0 Å². The summed E-state index contributed by atoms with van der Waals surface area (Å²) in [5, 5.41) is 23.5. The molecular weight excluding hydrogens is 303 g/mol. The van der Waals surface area contributed by atoms with E-state index in [1.54, 1.807) is 7.11 Å². The zero-order valence-electron chi connectivity index (χ0n) is 12.2. The molecule has 1 aliphatic carbocycles. The predicted molar refractivity (Wildman–Crippen MR) is 83.9 cm³/mol. The van der Waals surface area contributed by atoms with Crippen LogP contribution in [0.2, 0.25) is 0 Å². The molecule has 3 N–H and O–H groups in total. The van der Waals surface area contributed by atoms with Crippen LogP contribution >= 0.6 is 24.8 Å². The molecule has 1 saturated heterocycles. The van der Waals surface area contributed by atoms with Crippen molar-refractivity contribution in [1.82, 2.24) is 10.2 Å². The Morgan fingerprint density at radius 1 is 1.15 bits per heavy atom. The Kier molecular flexibility index (Phi) is 9.59. The smallest absolute Gasteiger partial charge is 0.0955 e. The van der Waals surface area contributed by atoms with Crippen molar-refractivity contribution in [3.8, 4) is 0 Å². The highest BCUT2D eigenvalue weighted by Gasteiger charge is 2.42. The Bertz CT molecular complexity index is 266. The number of rotatable bonds is 4. The largest absolute Gasteiger partial charge is 0.390 e. The maximum atomic E-state index is 10.1. The van der Waals surface area contributed by atoms with Crippen LogP contribution in [0.3, 0.4) is 0 Å². The van der Waals surface area contributed by atoms with E-state index in [0.717, 1.165) is 32.4 Å². The number of hydrogen-bond acceptors (Lipinski definition) is 5. The van der Waals surface area contributed by atoms with E-state index >= 15 is 0 Å². The molecule has 0 bridgehead atoms. The number of nitrogens with zero attached hydrogens (tertiary/aromatic N) is 1. The van der Waals surface area contributed by atoms with Crippen molar-refractivity contribution >= 4 is 24.8 Å². The number of ether oxygens (including phenoxy) is 1. The summed E-state index contributed by atoms with van der Waals surface area (Å²) < 4.78 is 5.09. The lowest BCUT2D eigenvalue weighted by atomic mass is 10.0. The molecule has 1 aliphatic heterocycles. The molecule has 1 heterocycles. The van der Waals surface area contributed by atoms with Gasteiger partial charge in [0, 0.05) is 25.1 Å². The van der Waals surface area contributed by atoms with Gasteiger partial charge in [-0.2, -0.15) is 0 Å². The molecule has 20 heavy (non-hydrogen) atoms. The first-order valence-corrected chi connectivity index (χ1v) is 6.91. The van der Waals surface area contributed by atoms with Crippen molar-refractivity contribution in [3.63, 3.8) is 0 Å². The third kappa shape index (κ3) is 4.98. The van der Waals surface area contributed by atoms with Gasteiger partial charge in [0.1, 0.15) is 0 Å². The van der Waals surface area contributed by atoms with E-state index in [2.05, 4.69) is 17.3 Å². The van der Waals surface area contributed by atoms with Crippen molar-refractivity contribution in [2.75, 3.05) is 33.9 Å². The molecule has 0 aromatic carbocycles. The summed E-state index contributed by atoms with van der Waals surface area (Å²) in [4.78, 5) is 2.33. The standard InChI is InChI=1S/C13H26N2O3.2ClH/c1-15-5-3-10(4-6-15)14-11-7-9(8-18-2)12(16)13(11)17;;/h9-14,16-17H,3-8H2,1-2H3;2*1H/t9-,11-,12-,13+;;/m1../s1. The molecule has 4 atom stereocenters. The molecule has 0 spiro atoms. The predicted octanol–water partition coefficient (Wildman–Crippen LogP) is 0.271. The van der Waals surface area contributed by atoms with Gasteiger partial charge in [0.05, 0.1) is 18.8 Å². The van der Waals surface area contributed by atoms with Crippen molar-refractivity contribution < 1.29 is 14.9 Å². The summed E-state index contributed by atoms with van der Waals surface area (Å²) in [6.45, 7) is 2.72. The minimum Gasteiger partial charge on any atom is -0.390 e. The number of piperidine rings is 1. The van der Waals surface area contributed by atoms with E-state index in [0.29, 0.717) is 12.6 Å². The average molecular weight is 331 g/mol. The highest BCUT2D eigenvalue weighted by atomic mass is 35.5. The maximum absolute atomic E-state index is 10.1. The summed E-state index contributed by atoms with van der Waals surface area (Å²) in [7, 11) is 3.77. The minimum atomic E-state index is -0.662. The molecule has 2 fully saturated rings. The number of methoxy groups -OCH3 is 1. The zero-order chi connectivity index (χ0) is 13.1. The van der Waals surface area contributed by atoms with Crippen molar-refractivity contribution in [3.05, 3.63) is 0 Å². The van der Waals surface area contributed by atoms with Gasteiger partial charge in [0.15, 0.2) is 0 Å². The molecule has 2 aliphatic rings. The Labute approximate surface area is 133 Å². The Balaban J connectivity index is 0.00000180. The monoisotopic (exact) mass is 330 g/mol. The normalized spacial score (nSPS) is 35.4. The first-order chi connectivity index (χ1) is 8.61. The molecule has 122 valence electrons. The fourth-order valence-corrected chi connectivity index (χ4v) is 3.15. The van der Waals surface area contributed by atoms with E-state index in [9.17, 15) is 10.2 Å². The van der Waals surface area contributed by atoms with Crippen LogP contribution in [0.1, 0.15) is 19.3 Å². The van der Waals surface area contributed by atoms with Gasteiger partial charge in [-0.05, 0) is 39.4 Å². The molecule has 1 saturated carbocycles. The first-order valence-electron chi connectivity index (χ1n) is 6.91. The molecular formula is C13H28Cl2N2O3. The Morgan fingerprint density at radius 2 is 1.75 bits per heavy atom. The lowest BCUT2D eigenvalue weighted by Crippen LogP contribution is -2.49. The lowest BCUT2D eigenvalue weighted by Gasteiger charge is -2.32. The number of nitrogens with one attached hydrogen (secondary N) is 1. The quantitative estimate of drug-likeness (QED) is 0.690. The van der Waals surface area contributed by atoms with Crippen LogP contribution in [0.4, 0.5) is 0 Å². The van der Waals surface area contributed by atoms with Gasteiger partial charge < -0.3 is 25.2 Å². The van der Waals surface area contributed by atoms with Crippen LogP contribution in [0.5, 0.6) is 0 Å². The number of hydrogen-bond donors (Lipinski definition) is 3. The first kappa shape index (κ1) is 20.4. The molecule has 0 amide bonds. The Morgan fingerprint density at radius 3 is 2.30 bits per heavy atom. The minimum absolute atomic E-state index is 0.